The first-order valence-corrected chi connectivity index (χ1v) is 10.9. The smallest absolute Gasteiger partial charge is 0.211 e. The molecule has 0 aliphatic heterocycles. The van der Waals surface area contributed by atoms with Gasteiger partial charge in [0.2, 0.25) is 10.0 Å². The molecule has 5 nitrogen and oxygen atoms in total. The molecule has 0 amide bonds. The van der Waals surface area contributed by atoms with Crippen LogP contribution >= 0.6 is 0 Å². The second-order valence-corrected chi connectivity index (χ2v) is 10.2. The Hall–Kier alpha value is -0.770. The molecule has 1 rings (SSSR count). The zero-order chi connectivity index (χ0) is 22.2. The Balaban J connectivity index is 3.05. The van der Waals surface area contributed by atoms with Crippen LogP contribution < -0.4 is 4.13 Å². The van der Waals surface area contributed by atoms with Gasteiger partial charge in [0.05, 0.1) is 5.75 Å². The van der Waals surface area contributed by atoms with E-state index in [1.54, 1.807) is 0 Å². The summed E-state index contributed by atoms with van der Waals surface area (Å²) in [4.78, 5) is 0. The highest BCUT2D eigenvalue weighted by atomic mass is 32.3. The van der Waals surface area contributed by atoms with Gasteiger partial charge in [0.1, 0.15) is 0 Å². The average Bonchev–Trinajstić information content (AvgIpc) is 2.51. The molecule has 1 fully saturated rings. The van der Waals surface area contributed by atoms with Crippen molar-refractivity contribution >= 4 is 20.0 Å². The van der Waals surface area contributed by atoms with Crippen LogP contribution in [0.15, 0.2) is 0 Å². The summed E-state index contributed by atoms with van der Waals surface area (Å²) in [6.45, 7) is 0. The second-order valence-electron chi connectivity index (χ2n) is 6.36. The van der Waals surface area contributed by atoms with Crippen LogP contribution in [-0.2, 0) is 20.0 Å². The largest absolute Gasteiger partial charge is 0.460 e. The van der Waals surface area contributed by atoms with Crippen LogP contribution in [0.3, 0.4) is 0 Å². The number of hydrogen-bond donors (Lipinski definition) is 1. The third-order valence-corrected chi connectivity index (χ3v) is 7.81. The van der Waals surface area contributed by atoms with E-state index in [9.17, 15) is 56.3 Å². The van der Waals surface area contributed by atoms with Gasteiger partial charge in [0.25, 0.3) is 10.0 Å². The first-order valence-electron chi connectivity index (χ1n) is 7.74. The zero-order valence-corrected chi connectivity index (χ0v) is 15.5. The van der Waals surface area contributed by atoms with Crippen LogP contribution in [0, 0.1) is 5.92 Å². The first kappa shape index (κ1) is 25.3. The molecule has 0 spiro atoms. The van der Waals surface area contributed by atoms with Crippen molar-refractivity contribution in [2.24, 2.45) is 5.92 Å². The van der Waals surface area contributed by atoms with Crippen molar-refractivity contribution in [2.75, 3.05) is 5.75 Å². The summed E-state index contributed by atoms with van der Waals surface area (Å²) in [6, 6.07) is 0. The fraction of sp³-hybridized carbons (Fsp3) is 1.00. The van der Waals surface area contributed by atoms with E-state index >= 15 is 0 Å². The molecular weight excluding hydrogens is 457 g/mol. The topological polar surface area (TPSA) is 80.3 Å². The van der Waals surface area contributed by atoms with Gasteiger partial charge in [0, 0.05) is 0 Å². The van der Waals surface area contributed by atoms with E-state index < -0.39 is 49.1 Å². The molecule has 0 unspecified atom stereocenters. The van der Waals surface area contributed by atoms with Crippen LogP contribution in [0.25, 0.3) is 0 Å². The Kier molecular flexibility index (Phi) is 7.05. The summed E-state index contributed by atoms with van der Waals surface area (Å²) >= 11 is 0. The molecule has 0 saturated heterocycles. The fourth-order valence-corrected chi connectivity index (χ4v) is 5.79. The summed E-state index contributed by atoms with van der Waals surface area (Å²) < 4.78 is 161. The molecule has 1 saturated carbocycles. The Morgan fingerprint density at radius 1 is 0.750 bits per heavy atom. The van der Waals surface area contributed by atoms with Gasteiger partial charge in [-0.3, -0.25) is 0 Å². The molecule has 1 aliphatic rings. The number of sulfonamides is 2. The molecular formula is C12H16F9NO4S2. The number of nitrogens with one attached hydrogen (secondary N) is 1. The van der Waals surface area contributed by atoms with Gasteiger partial charge >= 0.3 is 23.3 Å². The zero-order valence-electron chi connectivity index (χ0n) is 13.9. The lowest BCUT2D eigenvalue weighted by molar-refractivity contribution is -0.382. The molecule has 0 radical (unpaired) electrons. The van der Waals surface area contributed by atoms with E-state index in [1.165, 1.54) is 0 Å². The van der Waals surface area contributed by atoms with Crippen molar-refractivity contribution < 1.29 is 56.3 Å². The highest BCUT2D eigenvalue weighted by molar-refractivity contribution is 8.05. The maximum absolute atomic E-state index is 13.5. The standard InChI is InChI=1S/C12H16F9NO4S2/c13-9(14,11(17,18)19)10(15,16)12(20,21)28(25,26)22-27(23,24)7-6-8-4-2-1-3-5-8/h8,22H,1-7H2. The van der Waals surface area contributed by atoms with Crippen molar-refractivity contribution in [3.8, 4) is 0 Å². The van der Waals surface area contributed by atoms with Gasteiger partial charge in [-0.05, 0) is 12.3 Å². The van der Waals surface area contributed by atoms with Crippen LogP contribution in [0.4, 0.5) is 39.5 Å². The highest BCUT2D eigenvalue weighted by Gasteiger charge is 2.85. The molecule has 1 N–H and O–H groups in total. The third kappa shape index (κ3) is 4.86. The minimum atomic E-state index is -7.48. The maximum Gasteiger partial charge on any atom is 0.460 e. The predicted octanol–water partition coefficient (Wildman–Crippen LogP) is 3.63. The SMILES string of the molecule is O=S(=O)(CCC1CCCCC1)NS(=O)(=O)C(F)(F)C(F)(F)C(F)(F)C(F)(F)F. The Labute approximate surface area is 154 Å². The summed E-state index contributed by atoms with van der Waals surface area (Å²) in [5, 5.41) is -7.09. The number of rotatable bonds is 8. The van der Waals surface area contributed by atoms with Gasteiger partial charge in [-0.25, -0.2) is 16.8 Å². The number of halogens is 9. The van der Waals surface area contributed by atoms with E-state index in [-0.39, 0.29) is 16.5 Å². The highest BCUT2D eigenvalue weighted by Crippen LogP contribution is 2.54. The predicted molar refractivity (Wildman–Crippen MR) is 77.9 cm³/mol. The van der Waals surface area contributed by atoms with Gasteiger partial charge in [0.15, 0.2) is 0 Å². The van der Waals surface area contributed by atoms with Crippen LogP contribution in [0.5, 0.6) is 0 Å². The Morgan fingerprint density at radius 3 is 1.64 bits per heavy atom. The lowest BCUT2D eigenvalue weighted by Crippen LogP contribution is -2.65. The molecule has 0 heterocycles. The maximum atomic E-state index is 13.5. The average molecular weight is 473 g/mol. The van der Waals surface area contributed by atoms with Crippen LogP contribution in [0.1, 0.15) is 38.5 Å². The van der Waals surface area contributed by atoms with E-state index in [4.69, 9.17) is 0 Å². The quantitative estimate of drug-likeness (QED) is 0.546. The fourth-order valence-electron chi connectivity index (χ4n) is 2.59. The third-order valence-electron chi connectivity index (χ3n) is 4.21. The minimum Gasteiger partial charge on any atom is -0.211 e. The molecule has 16 heteroatoms. The van der Waals surface area contributed by atoms with Crippen molar-refractivity contribution in [3.05, 3.63) is 0 Å². The molecule has 0 atom stereocenters. The Morgan fingerprint density at radius 2 is 1.21 bits per heavy atom. The minimum absolute atomic E-state index is 0.156. The van der Waals surface area contributed by atoms with Gasteiger partial charge in [-0.15, -0.1) is 4.13 Å². The van der Waals surface area contributed by atoms with E-state index in [0.717, 1.165) is 19.3 Å². The van der Waals surface area contributed by atoms with E-state index in [2.05, 4.69) is 0 Å². The summed E-state index contributed by atoms with van der Waals surface area (Å²) in [5.74, 6) is -16.3. The molecule has 0 aromatic rings. The monoisotopic (exact) mass is 473 g/mol. The van der Waals surface area contributed by atoms with Gasteiger partial charge in [-0.2, -0.15) is 39.5 Å². The van der Waals surface area contributed by atoms with E-state index in [0.29, 0.717) is 12.8 Å². The van der Waals surface area contributed by atoms with Crippen molar-refractivity contribution in [1.29, 1.82) is 0 Å². The van der Waals surface area contributed by atoms with Crippen LogP contribution in [0.2, 0.25) is 0 Å². The Bertz CT molecular complexity index is 756. The lowest BCUT2D eigenvalue weighted by Gasteiger charge is -2.32. The van der Waals surface area contributed by atoms with Crippen molar-refractivity contribution in [1.82, 2.24) is 4.13 Å². The molecule has 1 aliphatic carbocycles. The molecule has 28 heavy (non-hydrogen) atoms. The summed E-state index contributed by atoms with van der Waals surface area (Å²) in [6.07, 6.45) is -4.03. The number of alkyl halides is 9. The van der Waals surface area contributed by atoms with Crippen LogP contribution in [-0.4, -0.2) is 45.9 Å². The number of hydrogen-bond acceptors (Lipinski definition) is 4. The second kappa shape index (κ2) is 7.81. The van der Waals surface area contributed by atoms with Crippen molar-refractivity contribution in [2.45, 2.75) is 61.8 Å². The normalized spacial score (nSPS) is 19.0. The molecule has 0 bridgehead atoms. The summed E-state index contributed by atoms with van der Waals surface area (Å²) in [7, 11) is -12.4. The van der Waals surface area contributed by atoms with Gasteiger partial charge in [-0.1, -0.05) is 32.1 Å². The lowest BCUT2D eigenvalue weighted by atomic mass is 9.88. The molecule has 0 aromatic carbocycles. The first-order chi connectivity index (χ1) is 12.3. The van der Waals surface area contributed by atoms with Crippen molar-refractivity contribution in [3.63, 3.8) is 0 Å². The van der Waals surface area contributed by atoms with Gasteiger partial charge < -0.3 is 0 Å². The van der Waals surface area contributed by atoms with E-state index in [1.807, 2.05) is 0 Å². The molecule has 0 aromatic heterocycles. The summed E-state index contributed by atoms with van der Waals surface area (Å²) in [5.41, 5.74) is 0. The molecule has 168 valence electrons.